The van der Waals surface area contributed by atoms with Crippen molar-refractivity contribution in [2.45, 2.75) is 57.3 Å². The summed E-state index contributed by atoms with van der Waals surface area (Å²) < 4.78 is 15.8. The van der Waals surface area contributed by atoms with Crippen LogP contribution in [0.2, 0.25) is 0 Å². The Morgan fingerprint density at radius 1 is 1.33 bits per heavy atom. The first-order chi connectivity index (χ1) is 8.66. The second kappa shape index (κ2) is 6.34. The van der Waals surface area contributed by atoms with Gasteiger partial charge in [0.1, 0.15) is 12.2 Å². The first-order valence-corrected chi connectivity index (χ1v) is 6.76. The molecule has 0 spiro atoms. The molecule has 0 amide bonds. The van der Waals surface area contributed by atoms with Crippen molar-refractivity contribution in [1.82, 2.24) is 0 Å². The molecule has 2 aliphatic rings. The second-order valence-electron chi connectivity index (χ2n) is 5.19. The van der Waals surface area contributed by atoms with Gasteiger partial charge < -0.3 is 14.2 Å². The molecule has 0 aromatic heterocycles. The Kier molecular flexibility index (Phi) is 4.78. The monoisotopic (exact) mass is 254 g/mol. The number of epoxide rings is 2. The minimum absolute atomic E-state index is 0.0913. The van der Waals surface area contributed by atoms with E-state index in [1.807, 2.05) is 0 Å². The van der Waals surface area contributed by atoms with E-state index in [1.54, 1.807) is 6.92 Å². The van der Waals surface area contributed by atoms with Gasteiger partial charge in [-0.25, -0.2) is 4.79 Å². The largest absolute Gasteiger partial charge is 0.456 e. The topological polar surface area (TPSA) is 51.4 Å². The van der Waals surface area contributed by atoms with Crippen LogP contribution in [-0.4, -0.2) is 37.5 Å². The maximum absolute atomic E-state index is 11.5. The lowest BCUT2D eigenvalue weighted by atomic mass is 10.1. The highest BCUT2D eigenvalue weighted by Gasteiger charge is 2.35. The molecule has 2 heterocycles. The number of rotatable bonds is 9. The van der Waals surface area contributed by atoms with Crippen molar-refractivity contribution in [1.29, 1.82) is 0 Å². The van der Waals surface area contributed by atoms with Gasteiger partial charge in [0, 0.05) is 5.57 Å². The van der Waals surface area contributed by atoms with Gasteiger partial charge in [-0.15, -0.1) is 0 Å². The van der Waals surface area contributed by atoms with Gasteiger partial charge in [-0.3, -0.25) is 0 Å². The molecule has 3 atom stereocenters. The lowest BCUT2D eigenvalue weighted by Gasteiger charge is -2.15. The smallest absolute Gasteiger partial charge is 0.333 e. The summed E-state index contributed by atoms with van der Waals surface area (Å²) in [4.78, 5) is 11.5. The zero-order chi connectivity index (χ0) is 13.0. The van der Waals surface area contributed by atoms with Gasteiger partial charge in [0.15, 0.2) is 0 Å². The molecule has 18 heavy (non-hydrogen) atoms. The van der Waals surface area contributed by atoms with E-state index in [4.69, 9.17) is 14.2 Å². The number of hydrogen-bond donors (Lipinski definition) is 0. The molecular weight excluding hydrogens is 232 g/mol. The molecule has 2 rings (SSSR count). The van der Waals surface area contributed by atoms with Gasteiger partial charge in [0.2, 0.25) is 0 Å². The third kappa shape index (κ3) is 4.78. The molecule has 0 radical (unpaired) electrons. The number of esters is 1. The van der Waals surface area contributed by atoms with E-state index in [2.05, 4.69) is 6.58 Å². The van der Waals surface area contributed by atoms with Gasteiger partial charge >= 0.3 is 5.97 Å². The van der Waals surface area contributed by atoms with E-state index in [0.717, 1.165) is 32.3 Å². The van der Waals surface area contributed by atoms with Crippen LogP contribution in [0, 0.1) is 0 Å². The van der Waals surface area contributed by atoms with E-state index >= 15 is 0 Å². The van der Waals surface area contributed by atoms with Crippen molar-refractivity contribution in [3.8, 4) is 0 Å². The van der Waals surface area contributed by atoms with Crippen LogP contribution in [0.15, 0.2) is 12.2 Å². The quantitative estimate of drug-likeness (QED) is 0.274. The van der Waals surface area contributed by atoms with Crippen LogP contribution < -0.4 is 0 Å². The van der Waals surface area contributed by atoms with Crippen LogP contribution >= 0.6 is 0 Å². The van der Waals surface area contributed by atoms with Crippen molar-refractivity contribution in [2.24, 2.45) is 0 Å². The predicted molar refractivity (Wildman–Crippen MR) is 67.3 cm³/mol. The molecule has 2 fully saturated rings. The highest BCUT2D eigenvalue weighted by atomic mass is 16.6. The molecule has 4 heteroatoms. The molecule has 0 aromatic rings. The minimum Gasteiger partial charge on any atom is -0.456 e. The molecule has 0 N–H and O–H groups in total. The third-order valence-electron chi connectivity index (χ3n) is 3.30. The van der Waals surface area contributed by atoms with Gasteiger partial charge in [0.25, 0.3) is 0 Å². The van der Waals surface area contributed by atoms with Crippen LogP contribution in [0.25, 0.3) is 0 Å². The number of carbonyl (C=O) groups is 1. The molecular formula is C14H22O4. The van der Waals surface area contributed by atoms with E-state index in [0.29, 0.717) is 18.3 Å². The number of unbranched alkanes of at least 4 members (excludes halogenated alkanes) is 2. The highest BCUT2D eigenvalue weighted by molar-refractivity contribution is 5.87. The Balaban J connectivity index is 1.59. The van der Waals surface area contributed by atoms with Crippen molar-refractivity contribution in [2.75, 3.05) is 13.2 Å². The summed E-state index contributed by atoms with van der Waals surface area (Å²) in [5.41, 5.74) is 0.450. The summed E-state index contributed by atoms with van der Waals surface area (Å²) in [6, 6.07) is 0. The van der Waals surface area contributed by atoms with Crippen molar-refractivity contribution in [3.63, 3.8) is 0 Å². The van der Waals surface area contributed by atoms with Crippen molar-refractivity contribution < 1.29 is 19.0 Å². The lowest BCUT2D eigenvalue weighted by molar-refractivity contribution is -0.145. The summed E-state index contributed by atoms with van der Waals surface area (Å²) in [6.07, 6.45) is 6.01. The van der Waals surface area contributed by atoms with Crippen LogP contribution in [0.3, 0.4) is 0 Å². The van der Waals surface area contributed by atoms with Crippen LogP contribution in [-0.2, 0) is 19.0 Å². The average molecular weight is 254 g/mol. The summed E-state index contributed by atoms with van der Waals surface area (Å²) in [5, 5.41) is 0. The molecule has 0 saturated carbocycles. The molecule has 0 aromatic carbocycles. The fraction of sp³-hybridized carbons (Fsp3) is 0.786. The fourth-order valence-electron chi connectivity index (χ4n) is 1.96. The first-order valence-electron chi connectivity index (χ1n) is 6.76. The van der Waals surface area contributed by atoms with Crippen LogP contribution in [0.1, 0.15) is 39.0 Å². The molecule has 3 unspecified atom stereocenters. The summed E-state index contributed by atoms with van der Waals surface area (Å²) in [5.74, 6) is -0.304. The normalized spacial score (nSPS) is 26.5. The van der Waals surface area contributed by atoms with Gasteiger partial charge in [-0.1, -0.05) is 19.4 Å². The van der Waals surface area contributed by atoms with E-state index in [1.165, 1.54) is 6.42 Å². The molecule has 0 bridgehead atoms. The molecule has 102 valence electrons. The summed E-state index contributed by atoms with van der Waals surface area (Å²) in [6.45, 7) is 6.92. The maximum atomic E-state index is 11.5. The summed E-state index contributed by atoms with van der Waals surface area (Å²) >= 11 is 0. The average Bonchev–Trinajstić information content (AvgIpc) is 3.18. The SMILES string of the molecule is C=C(C)C(=O)OC(CCCCCC1CO1)C1CO1. The summed E-state index contributed by atoms with van der Waals surface area (Å²) in [7, 11) is 0. The molecule has 2 saturated heterocycles. The van der Waals surface area contributed by atoms with E-state index in [9.17, 15) is 4.79 Å². The first kappa shape index (κ1) is 13.6. The molecule has 2 aliphatic heterocycles. The highest BCUT2D eigenvalue weighted by Crippen LogP contribution is 2.24. The van der Waals surface area contributed by atoms with Crippen molar-refractivity contribution in [3.05, 3.63) is 12.2 Å². The van der Waals surface area contributed by atoms with Crippen molar-refractivity contribution >= 4 is 5.97 Å². The number of ether oxygens (including phenoxy) is 3. The van der Waals surface area contributed by atoms with E-state index in [-0.39, 0.29) is 18.2 Å². The fourth-order valence-corrected chi connectivity index (χ4v) is 1.96. The van der Waals surface area contributed by atoms with E-state index < -0.39 is 0 Å². The number of hydrogen-bond acceptors (Lipinski definition) is 4. The Morgan fingerprint density at radius 2 is 2.06 bits per heavy atom. The lowest BCUT2D eigenvalue weighted by Crippen LogP contribution is -2.24. The van der Waals surface area contributed by atoms with Gasteiger partial charge in [-0.05, 0) is 26.2 Å². The third-order valence-corrected chi connectivity index (χ3v) is 3.30. The standard InChI is InChI=1S/C14H22O4/c1-10(2)14(15)18-12(13-9-17-13)7-5-3-4-6-11-8-16-11/h11-13H,1,3-9H2,2H3. The maximum Gasteiger partial charge on any atom is 0.333 e. The Labute approximate surface area is 108 Å². The van der Waals surface area contributed by atoms with Gasteiger partial charge in [-0.2, -0.15) is 0 Å². The van der Waals surface area contributed by atoms with Gasteiger partial charge in [0.05, 0.1) is 19.3 Å². The molecule has 4 nitrogen and oxygen atoms in total. The minimum atomic E-state index is -0.304. The Morgan fingerprint density at radius 3 is 2.61 bits per heavy atom. The zero-order valence-corrected chi connectivity index (χ0v) is 11.0. The Bertz CT molecular complexity index is 305. The predicted octanol–water partition coefficient (Wildman–Crippen LogP) is 2.22. The zero-order valence-electron chi connectivity index (χ0n) is 11.0. The second-order valence-corrected chi connectivity index (χ2v) is 5.19. The van der Waals surface area contributed by atoms with Crippen LogP contribution in [0.5, 0.6) is 0 Å². The Hall–Kier alpha value is -0.870. The van der Waals surface area contributed by atoms with Crippen LogP contribution in [0.4, 0.5) is 0 Å². The molecule has 0 aliphatic carbocycles. The number of carbonyl (C=O) groups excluding carboxylic acids is 1.